The molecule has 1 aromatic heterocycles. The Balaban J connectivity index is 1.77. The van der Waals surface area contributed by atoms with Gasteiger partial charge in [0.05, 0.1) is 19.2 Å². The summed E-state index contributed by atoms with van der Waals surface area (Å²) < 4.78 is 7.08. The third-order valence-corrected chi connectivity index (χ3v) is 4.37. The number of ether oxygens (including phenoxy) is 1. The van der Waals surface area contributed by atoms with Crippen LogP contribution in [0.5, 0.6) is 0 Å². The molecule has 7 heteroatoms. The highest BCUT2D eigenvalue weighted by Gasteiger charge is 2.14. The summed E-state index contributed by atoms with van der Waals surface area (Å²) in [6, 6.07) is 17.3. The van der Waals surface area contributed by atoms with Crippen LogP contribution in [0.25, 0.3) is 0 Å². The van der Waals surface area contributed by atoms with Gasteiger partial charge in [-0.3, -0.25) is 9.67 Å². The van der Waals surface area contributed by atoms with Crippen LogP contribution in [-0.2, 0) is 11.3 Å². The van der Waals surface area contributed by atoms with Gasteiger partial charge in [0.25, 0.3) is 0 Å². The first-order valence-corrected chi connectivity index (χ1v) is 8.93. The van der Waals surface area contributed by atoms with E-state index < -0.39 is 0 Å². The molecular formula is C20H22ClN5O. The number of guanidine groups is 1. The second kappa shape index (κ2) is 9.21. The summed E-state index contributed by atoms with van der Waals surface area (Å²) in [5, 5.41) is 8.20. The number of benzene rings is 2. The third-order valence-electron chi connectivity index (χ3n) is 4.11. The van der Waals surface area contributed by atoms with Crippen LogP contribution in [0.1, 0.15) is 17.2 Å². The van der Waals surface area contributed by atoms with Gasteiger partial charge in [-0.15, -0.1) is 0 Å². The highest BCUT2D eigenvalue weighted by atomic mass is 35.5. The number of nitrogens with one attached hydrogen (secondary N) is 1. The monoisotopic (exact) mass is 383 g/mol. The largest absolute Gasteiger partial charge is 0.380 e. The molecule has 0 saturated heterocycles. The van der Waals surface area contributed by atoms with Crippen molar-refractivity contribution >= 4 is 23.2 Å². The van der Waals surface area contributed by atoms with Crippen LogP contribution in [0, 0.1) is 0 Å². The van der Waals surface area contributed by atoms with E-state index in [0.717, 1.165) is 16.8 Å². The number of nitrogens with zero attached hydrogens (tertiary/aromatic N) is 3. The molecule has 3 rings (SSSR count). The maximum absolute atomic E-state index is 6.12. The predicted octanol–water partition coefficient (Wildman–Crippen LogP) is 3.70. The zero-order valence-corrected chi connectivity index (χ0v) is 15.8. The van der Waals surface area contributed by atoms with Crippen molar-refractivity contribution in [1.82, 2.24) is 9.78 Å². The fourth-order valence-corrected chi connectivity index (χ4v) is 2.90. The number of halogens is 1. The van der Waals surface area contributed by atoms with E-state index in [4.69, 9.17) is 22.1 Å². The quantitative estimate of drug-likeness (QED) is 0.481. The minimum atomic E-state index is -0.0770. The summed E-state index contributed by atoms with van der Waals surface area (Å²) >= 11 is 6.01. The minimum absolute atomic E-state index is 0.0770. The van der Waals surface area contributed by atoms with Crippen LogP contribution in [0.4, 0.5) is 5.69 Å². The minimum Gasteiger partial charge on any atom is -0.380 e. The molecule has 0 aliphatic carbocycles. The first kappa shape index (κ1) is 18.9. The second-order valence-electron chi connectivity index (χ2n) is 5.99. The van der Waals surface area contributed by atoms with E-state index in [0.29, 0.717) is 24.1 Å². The molecule has 0 bridgehead atoms. The zero-order chi connectivity index (χ0) is 19.1. The molecule has 0 aliphatic heterocycles. The number of hydrogen-bond donors (Lipinski definition) is 2. The molecule has 140 valence electrons. The van der Waals surface area contributed by atoms with Crippen LogP contribution in [0.2, 0.25) is 5.02 Å². The Hall–Kier alpha value is -2.83. The molecule has 0 fully saturated rings. The molecule has 3 N–H and O–H groups in total. The number of methoxy groups -OCH3 is 1. The lowest BCUT2D eigenvalue weighted by atomic mass is 10.1. The maximum Gasteiger partial charge on any atom is 0.193 e. The number of hydrogen-bond acceptors (Lipinski definition) is 3. The highest BCUT2D eigenvalue weighted by Crippen LogP contribution is 2.21. The smallest absolute Gasteiger partial charge is 0.193 e. The maximum atomic E-state index is 6.12. The molecule has 1 atom stereocenters. The molecule has 0 amide bonds. The summed E-state index contributed by atoms with van der Waals surface area (Å²) in [5.41, 5.74) is 9.07. The average molecular weight is 384 g/mol. The Kier molecular flexibility index (Phi) is 6.46. The molecule has 6 nitrogen and oxygen atoms in total. The van der Waals surface area contributed by atoms with Crippen molar-refractivity contribution in [1.29, 1.82) is 0 Å². The SMILES string of the molecule is COCc1ccccc1NC(N)=NCC(c1ccc(Cl)cc1)n1cccn1. The van der Waals surface area contributed by atoms with Crippen molar-refractivity contribution in [2.24, 2.45) is 10.7 Å². The van der Waals surface area contributed by atoms with Crippen molar-refractivity contribution in [3.63, 3.8) is 0 Å². The Labute approximate surface area is 163 Å². The molecule has 1 unspecified atom stereocenters. The number of anilines is 1. The van der Waals surface area contributed by atoms with Crippen molar-refractivity contribution in [2.75, 3.05) is 19.0 Å². The molecule has 1 heterocycles. The topological polar surface area (TPSA) is 77.5 Å². The highest BCUT2D eigenvalue weighted by molar-refractivity contribution is 6.30. The van der Waals surface area contributed by atoms with Gasteiger partial charge in [-0.2, -0.15) is 5.10 Å². The van der Waals surface area contributed by atoms with E-state index in [1.165, 1.54) is 0 Å². The van der Waals surface area contributed by atoms with Crippen molar-refractivity contribution in [2.45, 2.75) is 12.6 Å². The van der Waals surface area contributed by atoms with E-state index in [2.05, 4.69) is 15.4 Å². The lowest BCUT2D eigenvalue weighted by Crippen LogP contribution is -2.25. The fourth-order valence-electron chi connectivity index (χ4n) is 2.78. The van der Waals surface area contributed by atoms with Gasteiger partial charge >= 0.3 is 0 Å². The Morgan fingerprint density at radius 3 is 2.70 bits per heavy atom. The van der Waals surface area contributed by atoms with E-state index in [1.54, 1.807) is 13.3 Å². The molecule has 27 heavy (non-hydrogen) atoms. The Morgan fingerprint density at radius 1 is 1.22 bits per heavy atom. The molecule has 0 spiro atoms. The van der Waals surface area contributed by atoms with Crippen LogP contribution in [0.3, 0.4) is 0 Å². The van der Waals surface area contributed by atoms with Crippen molar-refractivity contribution in [3.8, 4) is 0 Å². The molecule has 3 aromatic rings. The van der Waals surface area contributed by atoms with Gasteiger partial charge in [-0.25, -0.2) is 0 Å². The lowest BCUT2D eigenvalue weighted by Gasteiger charge is -2.17. The summed E-state index contributed by atoms with van der Waals surface area (Å²) in [6.07, 6.45) is 3.65. The van der Waals surface area contributed by atoms with Crippen LogP contribution in [0.15, 0.2) is 72.0 Å². The Morgan fingerprint density at radius 2 is 2.00 bits per heavy atom. The van der Waals surface area contributed by atoms with Gasteiger partial charge in [-0.05, 0) is 29.8 Å². The average Bonchev–Trinajstić information content (AvgIpc) is 3.19. The number of rotatable bonds is 7. The van der Waals surface area contributed by atoms with E-state index in [1.807, 2.05) is 65.5 Å². The predicted molar refractivity (Wildman–Crippen MR) is 109 cm³/mol. The summed E-state index contributed by atoms with van der Waals surface area (Å²) in [4.78, 5) is 4.52. The first-order chi connectivity index (χ1) is 13.2. The lowest BCUT2D eigenvalue weighted by molar-refractivity contribution is 0.185. The summed E-state index contributed by atoms with van der Waals surface area (Å²) in [5.74, 6) is 0.338. The molecule has 0 aliphatic rings. The molecule has 2 aromatic carbocycles. The number of para-hydroxylation sites is 1. The third kappa shape index (κ3) is 5.09. The van der Waals surface area contributed by atoms with E-state index >= 15 is 0 Å². The van der Waals surface area contributed by atoms with E-state index in [9.17, 15) is 0 Å². The zero-order valence-electron chi connectivity index (χ0n) is 15.0. The molecule has 0 radical (unpaired) electrons. The molecular weight excluding hydrogens is 362 g/mol. The van der Waals surface area contributed by atoms with Crippen molar-refractivity contribution < 1.29 is 4.74 Å². The van der Waals surface area contributed by atoms with Gasteiger partial charge in [0, 0.05) is 35.8 Å². The van der Waals surface area contributed by atoms with E-state index in [-0.39, 0.29) is 6.04 Å². The number of aromatic nitrogens is 2. The molecule has 0 saturated carbocycles. The Bertz CT molecular complexity index is 878. The van der Waals surface area contributed by atoms with Gasteiger partial charge in [0.1, 0.15) is 0 Å². The normalized spacial score (nSPS) is 12.7. The summed E-state index contributed by atoms with van der Waals surface area (Å²) in [6.45, 7) is 0.936. The van der Waals surface area contributed by atoms with Crippen molar-refractivity contribution in [3.05, 3.63) is 83.1 Å². The van der Waals surface area contributed by atoms with Crippen LogP contribution in [-0.4, -0.2) is 29.4 Å². The summed E-state index contributed by atoms with van der Waals surface area (Å²) in [7, 11) is 1.66. The standard InChI is InChI=1S/C20H22ClN5O/c1-27-14-16-5-2-3-6-18(16)25-20(22)23-13-19(26-12-4-11-24-26)15-7-9-17(21)10-8-15/h2-12,19H,13-14H2,1H3,(H3,22,23,25). The number of aliphatic imine (C=N–C) groups is 1. The fraction of sp³-hybridized carbons (Fsp3) is 0.200. The van der Waals surface area contributed by atoms with Gasteiger partial charge in [0.2, 0.25) is 0 Å². The van der Waals surface area contributed by atoms with Gasteiger partial charge in [0.15, 0.2) is 5.96 Å². The first-order valence-electron chi connectivity index (χ1n) is 8.55. The van der Waals surface area contributed by atoms with Crippen LogP contribution >= 0.6 is 11.6 Å². The van der Waals surface area contributed by atoms with Gasteiger partial charge in [-0.1, -0.05) is 41.9 Å². The van der Waals surface area contributed by atoms with Gasteiger partial charge < -0.3 is 15.8 Å². The van der Waals surface area contributed by atoms with Crippen LogP contribution < -0.4 is 11.1 Å². The number of nitrogens with two attached hydrogens (primary N) is 1. The second-order valence-corrected chi connectivity index (χ2v) is 6.43.